The van der Waals surface area contributed by atoms with Gasteiger partial charge < -0.3 is 25.4 Å². The molecule has 2 aromatic heterocycles. The number of anilines is 1. The van der Waals surface area contributed by atoms with E-state index in [1.54, 1.807) is 34.6 Å². The molecule has 18 heteroatoms. The lowest BCUT2D eigenvalue weighted by Crippen LogP contribution is -2.40. The van der Waals surface area contributed by atoms with Gasteiger partial charge in [0.25, 0.3) is 0 Å². The van der Waals surface area contributed by atoms with Gasteiger partial charge in [-0.05, 0) is 41.5 Å². The van der Waals surface area contributed by atoms with Crippen molar-refractivity contribution >= 4 is 59.2 Å². The van der Waals surface area contributed by atoms with Crippen molar-refractivity contribution in [3.05, 3.63) is 12.7 Å². The Kier molecular flexibility index (Phi) is 11.4. The summed E-state index contributed by atoms with van der Waals surface area (Å²) in [4.78, 5) is 35.6. The number of fused-ring (bicyclic) bond motifs is 1. The van der Waals surface area contributed by atoms with E-state index < -0.39 is 61.2 Å². The Bertz CT molecular complexity index is 1310. The molecule has 15 nitrogen and oxygen atoms in total. The lowest BCUT2D eigenvalue weighted by molar-refractivity contribution is -0.149. The van der Waals surface area contributed by atoms with Gasteiger partial charge in [0.1, 0.15) is 35.0 Å². The third kappa shape index (κ3) is 7.98. The summed E-state index contributed by atoms with van der Waals surface area (Å²) in [5, 5.41) is 22.7. The number of rotatable bonds is 14. The van der Waals surface area contributed by atoms with Crippen molar-refractivity contribution in [1.82, 2.24) is 24.6 Å². The van der Waals surface area contributed by atoms with E-state index in [1.807, 2.05) is 0 Å². The average molecular weight is 653 g/mol. The van der Waals surface area contributed by atoms with Crippen LogP contribution in [0.15, 0.2) is 12.7 Å². The standard InChI is InChI=1S/C24H38ClN6O9PS/c1-13(2)39-20(34)14(3)30-41(36,37-7-8-42-22(35)23(4,5)10-32)38-9-15-17(33)24(6,25)21(40-15)31-12-29-16-18(26)27-11-28-19(16)31/h11-15,17,21,32-33H,7-10H2,1-6H3,(H,30,36)(H2,26,27,28)/t14?,15-,17-,21-,24-,41?/m1/s1. The number of aromatic nitrogens is 4. The molecule has 42 heavy (non-hydrogen) atoms. The second-order valence-corrected chi connectivity index (χ2v) is 14.5. The van der Waals surface area contributed by atoms with Gasteiger partial charge in [0, 0.05) is 5.75 Å². The van der Waals surface area contributed by atoms with Crippen molar-refractivity contribution in [2.24, 2.45) is 5.41 Å². The smallest absolute Gasteiger partial charge is 0.406 e. The van der Waals surface area contributed by atoms with Crippen molar-refractivity contribution in [3.63, 3.8) is 0 Å². The van der Waals surface area contributed by atoms with Gasteiger partial charge in [0.05, 0.1) is 37.7 Å². The molecule has 3 heterocycles. The van der Waals surface area contributed by atoms with E-state index in [0.717, 1.165) is 11.8 Å². The Hall–Kier alpha value is -1.88. The summed E-state index contributed by atoms with van der Waals surface area (Å²) in [6.07, 6.45) is -1.13. The number of thioether (sulfide) groups is 1. The van der Waals surface area contributed by atoms with Crippen molar-refractivity contribution in [1.29, 1.82) is 0 Å². The maximum atomic E-state index is 13.7. The fraction of sp³-hybridized carbons (Fsp3) is 0.708. The summed E-state index contributed by atoms with van der Waals surface area (Å²) in [5.41, 5.74) is 5.58. The number of nitrogens with two attached hydrogens (primary N) is 1. The molecule has 0 radical (unpaired) electrons. The number of imidazole rings is 1. The summed E-state index contributed by atoms with van der Waals surface area (Å²) >= 11 is 7.63. The maximum Gasteiger partial charge on any atom is 0.406 e. The fourth-order valence-electron chi connectivity index (χ4n) is 3.85. The van der Waals surface area contributed by atoms with Gasteiger partial charge in [-0.1, -0.05) is 11.8 Å². The minimum Gasteiger partial charge on any atom is -0.462 e. The number of aliphatic hydroxyl groups is 2. The molecular formula is C24H38ClN6O9PS. The largest absolute Gasteiger partial charge is 0.462 e. The molecule has 1 aliphatic heterocycles. The van der Waals surface area contributed by atoms with Crippen molar-refractivity contribution in [2.75, 3.05) is 31.3 Å². The van der Waals surface area contributed by atoms with E-state index in [4.69, 9.17) is 35.9 Å². The number of nitrogens with zero attached hydrogens (tertiary/aromatic N) is 4. The Morgan fingerprint density at radius 2 is 2.00 bits per heavy atom. The molecule has 2 unspecified atom stereocenters. The number of esters is 1. The Balaban J connectivity index is 1.74. The molecule has 1 fully saturated rings. The van der Waals surface area contributed by atoms with Crippen LogP contribution in [0.2, 0.25) is 0 Å². The van der Waals surface area contributed by atoms with Gasteiger partial charge in [-0.3, -0.25) is 23.2 Å². The predicted octanol–water partition coefficient (Wildman–Crippen LogP) is 2.01. The molecule has 0 aromatic carbocycles. The van der Waals surface area contributed by atoms with Crippen LogP contribution in [0, 0.1) is 5.41 Å². The molecule has 0 spiro atoms. The van der Waals surface area contributed by atoms with Crippen LogP contribution in [0.25, 0.3) is 11.2 Å². The quantitative estimate of drug-likeness (QED) is 0.0995. The summed E-state index contributed by atoms with van der Waals surface area (Å²) in [5.74, 6) is -0.446. The Labute approximate surface area is 252 Å². The first kappa shape index (κ1) is 34.6. The zero-order chi connectivity index (χ0) is 31.5. The molecule has 0 amide bonds. The van der Waals surface area contributed by atoms with Crippen LogP contribution < -0.4 is 10.8 Å². The highest BCUT2D eigenvalue weighted by atomic mass is 35.5. The van der Waals surface area contributed by atoms with Gasteiger partial charge in [-0.15, -0.1) is 11.6 Å². The molecule has 0 aliphatic carbocycles. The molecule has 236 valence electrons. The van der Waals surface area contributed by atoms with Crippen LogP contribution in [0.5, 0.6) is 0 Å². The first-order chi connectivity index (χ1) is 19.5. The maximum absolute atomic E-state index is 13.7. The van der Waals surface area contributed by atoms with Crippen LogP contribution in [-0.2, 0) is 32.7 Å². The highest BCUT2D eigenvalue weighted by Crippen LogP contribution is 2.48. The summed E-state index contributed by atoms with van der Waals surface area (Å²) in [6, 6.07) is -1.09. The molecule has 1 aliphatic rings. The van der Waals surface area contributed by atoms with Crippen molar-refractivity contribution in [3.8, 4) is 0 Å². The third-order valence-corrected chi connectivity index (χ3v) is 9.66. The topological polar surface area (TPSA) is 210 Å². The van der Waals surface area contributed by atoms with Gasteiger partial charge in [0.15, 0.2) is 22.8 Å². The minimum absolute atomic E-state index is 0.0885. The van der Waals surface area contributed by atoms with Crippen LogP contribution in [0.1, 0.15) is 47.8 Å². The van der Waals surface area contributed by atoms with Crippen LogP contribution in [0.4, 0.5) is 5.82 Å². The fourth-order valence-corrected chi connectivity index (χ4v) is 6.56. The SMILES string of the molecule is CC(C)OC(=O)C(C)NP(=O)(OCCSC(=O)C(C)(C)CO)OC[C@H]1O[C@@H](n2cnc3c(N)ncnc32)[C@](C)(Cl)[C@@H]1O. The number of aliphatic hydroxyl groups excluding tert-OH is 2. The van der Waals surface area contributed by atoms with E-state index in [0.29, 0.717) is 11.2 Å². The van der Waals surface area contributed by atoms with Crippen LogP contribution in [-0.4, -0.2) is 95.6 Å². The molecule has 5 N–H and O–H groups in total. The normalized spacial score (nSPS) is 25.0. The second-order valence-electron chi connectivity index (χ2n) is 10.8. The highest BCUT2D eigenvalue weighted by Gasteiger charge is 2.54. The molecular weight excluding hydrogens is 615 g/mol. The molecule has 3 rings (SSSR count). The number of ether oxygens (including phenoxy) is 2. The Morgan fingerprint density at radius 1 is 1.31 bits per heavy atom. The number of carbonyl (C=O) groups is 2. The number of nitrogens with one attached hydrogen (secondary N) is 1. The van der Waals surface area contributed by atoms with Gasteiger partial charge >= 0.3 is 13.7 Å². The molecule has 0 bridgehead atoms. The van der Waals surface area contributed by atoms with Crippen LogP contribution in [0.3, 0.4) is 0 Å². The lowest BCUT2D eigenvalue weighted by atomic mass is 9.97. The first-order valence-electron chi connectivity index (χ1n) is 13.1. The van der Waals surface area contributed by atoms with E-state index in [2.05, 4.69) is 20.0 Å². The van der Waals surface area contributed by atoms with E-state index >= 15 is 0 Å². The number of hydrogen-bond donors (Lipinski definition) is 4. The monoisotopic (exact) mass is 652 g/mol. The molecule has 1 saturated heterocycles. The number of alkyl halides is 1. The number of hydrogen-bond acceptors (Lipinski definition) is 14. The number of nitrogen functional groups attached to an aromatic ring is 1. The van der Waals surface area contributed by atoms with Crippen molar-refractivity contribution < 1.29 is 42.9 Å². The van der Waals surface area contributed by atoms with E-state index in [-0.39, 0.29) is 29.9 Å². The van der Waals surface area contributed by atoms with Crippen LogP contribution >= 0.6 is 31.1 Å². The van der Waals surface area contributed by atoms with E-state index in [1.165, 1.54) is 24.1 Å². The summed E-state index contributed by atoms with van der Waals surface area (Å²) < 4.78 is 37.6. The van der Waals surface area contributed by atoms with E-state index in [9.17, 15) is 24.4 Å². The average Bonchev–Trinajstić information content (AvgIpc) is 3.44. The summed E-state index contributed by atoms with van der Waals surface area (Å²) in [7, 11) is -4.24. The number of halogens is 1. The Morgan fingerprint density at radius 3 is 2.64 bits per heavy atom. The molecule has 0 saturated carbocycles. The van der Waals surface area contributed by atoms with Gasteiger partial charge in [-0.25, -0.2) is 24.6 Å². The predicted molar refractivity (Wildman–Crippen MR) is 156 cm³/mol. The van der Waals surface area contributed by atoms with Gasteiger partial charge in [0.2, 0.25) is 0 Å². The zero-order valence-electron chi connectivity index (χ0n) is 24.2. The zero-order valence-corrected chi connectivity index (χ0v) is 26.7. The lowest BCUT2D eigenvalue weighted by Gasteiger charge is -2.26. The number of carbonyl (C=O) groups excluding carboxylic acids is 2. The molecule has 6 atom stereocenters. The third-order valence-electron chi connectivity index (χ3n) is 6.35. The van der Waals surface area contributed by atoms with Gasteiger partial charge in [-0.2, -0.15) is 0 Å². The second kappa shape index (κ2) is 13.8. The first-order valence-corrected chi connectivity index (χ1v) is 16.0. The highest BCUT2D eigenvalue weighted by molar-refractivity contribution is 8.13. The summed E-state index contributed by atoms with van der Waals surface area (Å²) in [6.45, 7) is 8.52. The molecule has 2 aromatic rings. The minimum atomic E-state index is -4.24. The van der Waals surface area contributed by atoms with Crippen molar-refractivity contribution in [2.45, 2.75) is 77.0 Å².